The van der Waals surface area contributed by atoms with Crippen molar-refractivity contribution in [2.24, 2.45) is 46.3 Å². The second-order valence-corrected chi connectivity index (χ2v) is 13.7. The number of hydrogen-bond acceptors (Lipinski definition) is 3. The fraction of sp³-hybridized carbons (Fsp3) is 0.931. The van der Waals surface area contributed by atoms with Crippen LogP contribution in [0.1, 0.15) is 98.8 Å². The SMILES string of the molecule is C[C@H](CC[C@@H](C)[C@@H]1C[C@H]1C)C1CCC2C3=C(CC[C@@]21C)[C@@]1(C)CC[C@H](O)C[C@@]12O[C@H]2[C@@H]3O. The Morgan fingerprint density at radius 3 is 2.47 bits per heavy atom. The van der Waals surface area contributed by atoms with Crippen LogP contribution in [0.2, 0.25) is 0 Å². The lowest BCUT2D eigenvalue weighted by molar-refractivity contribution is -0.00164. The van der Waals surface area contributed by atoms with Crippen LogP contribution in [-0.4, -0.2) is 34.1 Å². The molecule has 0 amide bonds. The Morgan fingerprint density at radius 2 is 1.75 bits per heavy atom. The van der Waals surface area contributed by atoms with Gasteiger partial charge in [0.25, 0.3) is 0 Å². The summed E-state index contributed by atoms with van der Waals surface area (Å²) in [4.78, 5) is 0. The van der Waals surface area contributed by atoms with Gasteiger partial charge in [-0.25, -0.2) is 0 Å². The molecule has 6 rings (SSSR count). The molecule has 0 aromatic heterocycles. The first kappa shape index (κ1) is 22.1. The zero-order valence-corrected chi connectivity index (χ0v) is 21.1. The van der Waals surface area contributed by atoms with Crippen LogP contribution in [0, 0.1) is 46.3 Å². The molecule has 5 aliphatic carbocycles. The van der Waals surface area contributed by atoms with Gasteiger partial charge < -0.3 is 14.9 Å². The second kappa shape index (κ2) is 7.08. The lowest BCUT2D eigenvalue weighted by atomic mass is 9.49. The van der Waals surface area contributed by atoms with Crippen molar-refractivity contribution < 1.29 is 14.9 Å². The molecule has 1 heterocycles. The summed E-state index contributed by atoms with van der Waals surface area (Å²) in [5.74, 6) is 4.93. The van der Waals surface area contributed by atoms with Crippen LogP contribution < -0.4 is 0 Å². The Balaban J connectivity index is 1.24. The summed E-state index contributed by atoms with van der Waals surface area (Å²) in [5, 5.41) is 21.9. The summed E-state index contributed by atoms with van der Waals surface area (Å²) >= 11 is 0. The molecular weight excluding hydrogens is 396 g/mol. The monoisotopic (exact) mass is 442 g/mol. The zero-order valence-electron chi connectivity index (χ0n) is 21.1. The van der Waals surface area contributed by atoms with Crippen LogP contribution in [0.15, 0.2) is 11.1 Å². The van der Waals surface area contributed by atoms with Gasteiger partial charge in [0.2, 0.25) is 0 Å². The van der Waals surface area contributed by atoms with E-state index in [0.717, 1.165) is 48.9 Å². The molecule has 1 saturated heterocycles. The zero-order chi connectivity index (χ0) is 22.6. The highest BCUT2D eigenvalue weighted by Gasteiger charge is 2.76. The van der Waals surface area contributed by atoms with Gasteiger partial charge in [-0.2, -0.15) is 0 Å². The Hall–Kier alpha value is -0.380. The maximum absolute atomic E-state index is 11.5. The molecule has 2 unspecified atom stereocenters. The van der Waals surface area contributed by atoms with E-state index in [0.29, 0.717) is 17.8 Å². The van der Waals surface area contributed by atoms with Crippen molar-refractivity contribution in [1.82, 2.24) is 0 Å². The Labute approximate surface area is 195 Å². The molecule has 12 atom stereocenters. The number of epoxide rings is 1. The number of aliphatic hydroxyl groups is 2. The van der Waals surface area contributed by atoms with E-state index >= 15 is 0 Å². The lowest BCUT2D eigenvalue weighted by Crippen LogP contribution is -2.55. The van der Waals surface area contributed by atoms with Crippen molar-refractivity contribution in [3.05, 3.63) is 11.1 Å². The number of aliphatic hydroxyl groups excluding tert-OH is 2. The highest BCUT2D eigenvalue weighted by Crippen LogP contribution is 2.72. The number of fused-ring (bicyclic) bond motifs is 3. The normalized spacial score (nSPS) is 55.4. The molecular formula is C29H46O3. The molecule has 180 valence electrons. The second-order valence-electron chi connectivity index (χ2n) is 13.7. The van der Waals surface area contributed by atoms with E-state index in [9.17, 15) is 10.2 Å². The minimum atomic E-state index is -0.446. The third-order valence-corrected chi connectivity index (χ3v) is 12.2. The number of ether oxygens (including phenoxy) is 1. The number of hydrogen-bond donors (Lipinski definition) is 2. The fourth-order valence-electron chi connectivity index (χ4n) is 9.92. The van der Waals surface area contributed by atoms with Crippen LogP contribution in [0.25, 0.3) is 0 Å². The summed E-state index contributed by atoms with van der Waals surface area (Å²) in [7, 11) is 0. The maximum Gasteiger partial charge on any atom is 0.118 e. The summed E-state index contributed by atoms with van der Waals surface area (Å²) in [6, 6.07) is 0. The van der Waals surface area contributed by atoms with Gasteiger partial charge in [0.05, 0.1) is 6.10 Å². The van der Waals surface area contributed by atoms with Crippen LogP contribution in [0.5, 0.6) is 0 Å². The summed E-state index contributed by atoms with van der Waals surface area (Å²) in [5.41, 5.74) is 2.99. The van der Waals surface area contributed by atoms with Gasteiger partial charge in [0, 0.05) is 11.8 Å². The molecule has 0 aromatic carbocycles. The molecule has 3 heteroatoms. The molecule has 1 spiro atoms. The van der Waals surface area contributed by atoms with Crippen molar-refractivity contribution in [2.75, 3.05) is 0 Å². The number of rotatable bonds is 5. The molecule has 0 aromatic rings. The first-order valence-corrected chi connectivity index (χ1v) is 13.9. The Morgan fingerprint density at radius 1 is 1.03 bits per heavy atom. The van der Waals surface area contributed by atoms with Gasteiger partial charge >= 0.3 is 0 Å². The van der Waals surface area contributed by atoms with Crippen molar-refractivity contribution in [3.63, 3.8) is 0 Å². The van der Waals surface area contributed by atoms with Crippen molar-refractivity contribution in [3.8, 4) is 0 Å². The molecule has 3 nitrogen and oxygen atoms in total. The highest BCUT2D eigenvalue weighted by atomic mass is 16.6. The van der Waals surface area contributed by atoms with Gasteiger partial charge in [-0.1, -0.05) is 53.0 Å². The molecule has 0 radical (unpaired) electrons. The smallest absolute Gasteiger partial charge is 0.118 e. The van der Waals surface area contributed by atoms with Crippen LogP contribution in [0.3, 0.4) is 0 Å². The van der Waals surface area contributed by atoms with E-state index in [4.69, 9.17) is 4.74 Å². The van der Waals surface area contributed by atoms with Crippen LogP contribution >= 0.6 is 0 Å². The Bertz CT molecular complexity index is 819. The fourth-order valence-corrected chi connectivity index (χ4v) is 9.92. The summed E-state index contributed by atoms with van der Waals surface area (Å²) < 4.78 is 6.35. The highest BCUT2D eigenvalue weighted by molar-refractivity contribution is 5.45. The maximum atomic E-state index is 11.5. The molecule has 0 bridgehead atoms. The minimum Gasteiger partial charge on any atom is -0.393 e. The van der Waals surface area contributed by atoms with Crippen molar-refractivity contribution in [1.29, 1.82) is 0 Å². The average Bonchev–Trinajstić information content (AvgIpc) is 3.63. The third kappa shape index (κ3) is 2.83. The molecule has 6 aliphatic rings. The van der Waals surface area contributed by atoms with E-state index < -0.39 is 6.10 Å². The topological polar surface area (TPSA) is 53.0 Å². The van der Waals surface area contributed by atoms with Gasteiger partial charge in [-0.05, 0) is 91.4 Å². The minimum absolute atomic E-state index is 0.0207. The summed E-state index contributed by atoms with van der Waals surface area (Å²) in [6.45, 7) is 12.4. The lowest BCUT2D eigenvalue weighted by Gasteiger charge is -2.54. The predicted octanol–water partition coefficient (Wildman–Crippen LogP) is 5.88. The van der Waals surface area contributed by atoms with Gasteiger partial charge in [-0.15, -0.1) is 0 Å². The van der Waals surface area contributed by atoms with Gasteiger partial charge in [0.1, 0.15) is 17.8 Å². The average molecular weight is 443 g/mol. The summed E-state index contributed by atoms with van der Waals surface area (Å²) in [6.07, 6.45) is 11.0. The first-order valence-electron chi connectivity index (χ1n) is 13.9. The van der Waals surface area contributed by atoms with Crippen molar-refractivity contribution in [2.45, 2.75) is 123 Å². The van der Waals surface area contributed by atoms with Crippen LogP contribution in [-0.2, 0) is 4.74 Å². The van der Waals surface area contributed by atoms with E-state index in [-0.39, 0.29) is 23.2 Å². The third-order valence-electron chi connectivity index (χ3n) is 12.2. The first-order chi connectivity index (χ1) is 15.1. The van der Waals surface area contributed by atoms with Gasteiger partial charge in [0.15, 0.2) is 0 Å². The van der Waals surface area contributed by atoms with E-state index in [2.05, 4.69) is 34.6 Å². The van der Waals surface area contributed by atoms with Crippen molar-refractivity contribution >= 4 is 0 Å². The van der Waals surface area contributed by atoms with Gasteiger partial charge in [-0.3, -0.25) is 0 Å². The van der Waals surface area contributed by atoms with E-state index in [1.54, 1.807) is 0 Å². The quantitative estimate of drug-likeness (QED) is 0.413. The van der Waals surface area contributed by atoms with E-state index in [1.165, 1.54) is 49.7 Å². The largest absolute Gasteiger partial charge is 0.393 e. The van der Waals surface area contributed by atoms with Crippen LogP contribution in [0.4, 0.5) is 0 Å². The molecule has 2 N–H and O–H groups in total. The molecule has 3 saturated carbocycles. The Kier molecular flexibility index (Phi) is 4.89. The molecule has 1 aliphatic heterocycles. The standard InChI is InChI=1S/C29H46O3/c1-16(20-14-18(20)3)6-7-17(2)21-8-9-22-24-23(11-12-27(21,22)4)28(5)13-10-19(30)15-29(28)26(32-29)25(24)31/h16-22,25-26,30-31H,6-15H2,1-5H3/t16-,17-,18-,19+,20+,21?,22?,25-,26+,27-,28-,29+/m1/s1. The predicted molar refractivity (Wildman–Crippen MR) is 127 cm³/mol. The molecule has 32 heavy (non-hydrogen) atoms. The molecule has 4 fully saturated rings. The van der Waals surface area contributed by atoms with E-state index in [1.807, 2.05) is 0 Å².